The van der Waals surface area contributed by atoms with Crippen LogP contribution in [0.4, 0.5) is 0 Å². The minimum absolute atomic E-state index is 0.389. The molecule has 1 atom stereocenters. The van der Waals surface area contributed by atoms with E-state index in [1.165, 1.54) is 19.1 Å². The van der Waals surface area contributed by atoms with Gasteiger partial charge in [-0.15, -0.1) is 0 Å². The van der Waals surface area contributed by atoms with Gasteiger partial charge in [0.05, 0.1) is 0 Å². The monoisotopic (exact) mass is 186 g/mol. The molecule has 0 aromatic carbocycles. The predicted octanol–water partition coefficient (Wildman–Crippen LogP) is 0.372. The first kappa shape index (κ1) is 10.3. The number of piperazine rings is 1. The molecular weight excluding hydrogens is 168 g/mol. The zero-order valence-corrected chi connectivity index (χ0v) is 8.32. The predicted molar refractivity (Wildman–Crippen MR) is 51.1 cm³/mol. The van der Waals surface area contributed by atoms with Crippen LogP contribution in [0, 0.1) is 0 Å². The van der Waals surface area contributed by atoms with Crippen LogP contribution < -0.4 is 5.32 Å². The van der Waals surface area contributed by atoms with Crippen molar-refractivity contribution < 1.29 is 9.47 Å². The van der Waals surface area contributed by atoms with Crippen LogP contribution in [0.25, 0.3) is 0 Å². The van der Waals surface area contributed by atoms with E-state index >= 15 is 0 Å². The van der Waals surface area contributed by atoms with Gasteiger partial charge in [0.15, 0.2) is 0 Å². The van der Waals surface area contributed by atoms with Gasteiger partial charge >= 0.3 is 0 Å². The molecule has 0 spiro atoms. The second kappa shape index (κ2) is 5.83. The number of likely N-dealkylation sites (N-methyl/N-ethyl adjacent to an activating group) is 1. The number of rotatable bonds is 0. The molecule has 1 N–H and O–H groups in total. The summed E-state index contributed by atoms with van der Waals surface area (Å²) < 4.78 is 9.08. The zero-order chi connectivity index (χ0) is 9.52. The minimum atomic E-state index is 0.389. The van der Waals surface area contributed by atoms with Crippen molar-refractivity contribution in [1.82, 2.24) is 10.2 Å². The van der Waals surface area contributed by atoms with Crippen LogP contribution in [0.3, 0.4) is 0 Å². The summed E-state index contributed by atoms with van der Waals surface area (Å²) in [5, 5.41) is 3.32. The van der Waals surface area contributed by atoms with Crippen molar-refractivity contribution in [2.75, 3.05) is 33.5 Å². The summed E-state index contributed by atoms with van der Waals surface area (Å²) in [6.07, 6.45) is 3.03. The van der Waals surface area contributed by atoms with E-state index in [1.807, 2.05) is 0 Å². The van der Waals surface area contributed by atoms with Gasteiger partial charge < -0.3 is 19.7 Å². The molecule has 2 rings (SSSR count). The average Bonchev–Trinajstić information content (AvgIpc) is 2.68. The molecule has 0 aromatic heterocycles. The molecule has 0 saturated carbocycles. The van der Waals surface area contributed by atoms with Crippen LogP contribution in [-0.4, -0.2) is 44.4 Å². The van der Waals surface area contributed by atoms with Crippen molar-refractivity contribution in [3.63, 3.8) is 0 Å². The van der Waals surface area contributed by atoms with Gasteiger partial charge in [-0.3, -0.25) is 0 Å². The van der Waals surface area contributed by atoms with Crippen LogP contribution >= 0.6 is 0 Å². The SMILES string of the molecule is C1=COCO1.CC1CNCCN1C. The van der Waals surface area contributed by atoms with Gasteiger partial charge in [0, 0.05) is 25.7 Å². The fourth-order valence-corrected chi connectivity index (χ4v) is 1.14. The third-order valence-electron chi connectivity index (χ3n) is 2.22. The Hall–Kier alpha value is -0.740. The van der Waals surface area contributed by atoms with E-state index in [-0.39, 0.29) is 0 Å². The first-order valence-corrected chi connectivity index (χ1v) is 4.60. The molecule has 76 valence electrons. The molecule has 2 aliphatic heterocycles. The lowest BCUT2D eigenvalue weighted by Crippen LogP contribution is -2.47. The lowest BCUT2D eigenvalue weighted by Gasteiger charge is -2.29. The fraction of sp³-hybridized carbons (Fsp3) is 0.778. The van der Waals surface area contributed by atoms with E-state index in [0.29, 0.717) is 6.79 Å². The quantitative estimate of drug-likeness (QED) is 0.592. The summed E-state index contributed by atoms with van der Waals surface area (Å²) in [6, 6.07) is 0.726. The van der Waals surface area contributed by atoms with E-state index in [9.17, 15) is 0 Å². The minimum Gasteiger partial charge on any atom is -0.462 e. The van der Waals surface area contributed by atoms with Gasteiger partial charge in [0.25, 0.3) is 0 Å². The number of hydrogen-bond acceptors (Lipinski definition) is 4. The summed E-state index contributed by atoms with van der Waals surface area (Å²) in [6.45, 7) is 6.13. The van der Waals surface area contributed by atoms with Gasteiger partial charge in [-0.05, 0) is 14.0 Å². The van der Waals surface area contributed by atoms with Crippen molar-refractivity contribution in [2.45, 2.75) is 13.0 Å². The molecule has 0 radical (unpaired) electrons. The number of ether oxygens (including phenoxy) is 2. The Morgan fingerprint density at radius 3 is 2.38 bits per heavy atom. The first-order valence-electron chi connectivity index (χ1n) is 4.60. The van der Waals surface area contributed by atoms with E-state index in [1.54, 1.807) is 0 Å². The largest absolute Gasteiger partial charge is 0.462 e. The molecule has 4 heteroatoms. The smallest absolute Gasteiger partial charge is 0.229 e. The fourth-order valence-electron chi connectivity index (χ4n) is 1.14. The molecule has 0 amide bonds. The summed E-state index contributed by atoms with van der Waals surface area (Å²) in [4.78, 5) is 2.37. The summed E-state index contributed by atoms with van der Waals surface area (Å²) in [5.41, 5.74) is 0. The third-order valence-corrected chi connectivity index (χ3v) is 2.22. The first-order chi connectivity index (χ1) is 6.30. The lowest BCUT2D eigenvalue weighted by molar-refractivity contribution is 0.0920. The lowest BCUT2D eigenvalue weighted by atomic mass is 10.2. The average molecular weight is 186 g/mol. The van der Waals surface area contributed by atoms with Crippen molar-refractivity contribution in [3.05, 3.63) is 12.5 Å². The van der Waals surface area contributed by atoms with E-state index in [0.717, 1.165) is 19.1 Å². The number of nitrogens with zero attached hydrogens (tertiary/aromatic N) is 1. The van der Waals surface area contributed by atoms with E-state index in [4.69, 9.17) is 0 Å². The van der Waals surface area contributed by atoms with Crippen LogP contribution in [0.15, 0.2) is 12.5 Å². The third kappa shape index (κ3) is 4.15. The van der Waals surface area contributed by atoms with Crippen LogP contribution in [-0.2, 0) is 9.47 Å². The molecule has 2 aliphatic rings. The van der Waals surface area contributed by atoms with Crippen LogP contribution in [0.2, 0.25) is 0 Å². The molecule has 0 aromatic rings. The summed E-state index contributed by atoms with van der Waals surface area (Å²) in [7, 11) is 2.17. The Labute approximate surface area is 79.5 Å². The Kier molecular flexibility index (Phi) is 4.64. The highest BCUT2D eigenvalue weighted by Gasteiger charge is 2.11. The maximum atomic E-state index is 4.54. The second-order valence-corrected chi connectivity index (χ2v) is 3.26. The second-order valence-electron chi connectivity index (χ2n) is 3.26. The molecule has 0 aliphatic carbocycles. The van der Waals surface area contributed by atoms with Gasteiger partial charge in [-0.1, -0.05) is 0 Å². The summed E-state index contributed by atoms with van der Waals surface area (Å²) >= 11 is 0. The van der Waals surface area contributed by atoms with Crippen LogP contribution in [0.5, 0.6) is 0 Å². The van der Waals surface area contributed by atoms with Crippen molar-refractivity contribution >= 4 is 0 Å². The Morgan fingerprint density at radius 1 is 1.38 bits per heavy atom. The van der Waals surface area contributed by atoms with E-state index in [2.05, 4.69) is 33.7 Å². The number of hydrogen-bond donors (Lipinski definition) is 1. The highest BCUT2D eigenvalue weighted by molar-refractivity contribution is 4.71. The molecule has 0 bridgehead atoms. The maximum Gasteiger partial charge on any atom is 0.229 e. The van der Waals surface area contributed by atoms with Crippen molar-refractivity contribution in [2.24, 2.45) is 0 Å². The maximum absolute atomic E-state index is 4.54. The van der Waals surface area contributed by atoms with Crippen LogP contribution in [0.1, 0.15) is 6.92 Å². The van der Waals surface area contributed by atoms with Gasteiger partial charge in [-0.25, -0.2) is 0 Å². The Morgan fingerprint density at radius 2 is 2.08 bits per heavy atom. The Balaban J connectivity index is 0.000000145. The molecule has 1 fully saturated rings. The van der Waals surface area contributed by atoms with Gasteiger partial charge in [-0.2, -0.15) is 0 Å². The van der Waals surface area contributed by atoms with Gasteiger partial charge in [0.2, 0.25) is 6.79 Å². The normalized spacial score (nSPS) is 27.1. The zero-order valence-electron chi connectivity index (χ0n) is 8.32. The van der Waals surface area contributed by atoms with Crippen molar-refractivity contribution in [1.29, 1.82) is 0 Å². The summed E-state index contributed by atoms with van der Waals surface area (Å²) in [5.74, 6) is 0. The molecule has 1 saturated heterocycles. The van der Waals surface area contributed by atoms with Crippen molar-refractivity contribution in [3.8, 4) is 0 Å². The number of nitrogens with one attached hydrogen (secondary N) is 1. The molecule has 4 nitrogen and oxygen atoms in total. The highest BCUT2D eigenvalue weighted by atomic mass is 16.7. The topological polar surface area (TPSA) is 33.7 Å². The van der Waals surface area contributed by atoms with E-state index < -0.39 is 0 Å². The molecule has 2 heterocycles. The van der Waals surface area contributed by atoms with Gasteiger partial charge in [0.1, 0.15) is 12.5 Å². The molecule has 13 heavy (non-hydrogen) atoms. The standard InChI is InChI=1S/C6H14N2.C3H4O2/c1-6-5-7-3-4-8(6)2;1-2-5-3-4-1/h6-7H,3-5H2,1-2H3;1-2H,3H2. The molecular formula is C9H18N2O2. The Bertz CT molecular complexity index is 146. The molecule has 1 unspecified atom stereocenters. The highest BCUT2D eigenvalue weighted by Crippen LogP contribution is 1.95.